The molecule has 0 aliphatic carbocycles. The first-order chi connectivity index (χ1) is 23.0. The summed E-state index contributed by atoms with van der Waals surface area (Å²) in [5.74, 6) is 1.60. The smallest absolute Gasteiger partial charge is 0.261 e. The second kappa shape index (κ2) is 15.5. The number of ether oxygens (including phenoxy) is 1. The molecule has 9 heteroatoms. The van der Waals surface area contributed by atoms with Crippen molar-refractivity contribution in [2.24, 2.45) is 7.05 Å². The van der Waals surface area contributed by atoms with E-state index in [0.717, 1.165) is 46.9 Å². The quantitative estimate of drug-likeness (QED) is 0.0707. The number of hydrogen-bond acceptors (Lipinski definition) is 7. The van der Waals surface area contributed by atoms with Gasteiger partial charge < -0.3 is 9.30 Å². The molecule has 6 aromatic rings. The fourth-order valence-corrected chi connectivity index (χ4v) is 7.61. The minimum atomic E-state index is -0.209. The highest BCUT2D eigenvalue weighted by molar-refractivity contribution is 7.99. The van der Waals surface area contributed by atoms with Gasteiger partial charge in [-0.15, -0.1) is 23.1 Å². The van der Waals surface area contributed by atoms with Crippen LogP contribution in [0.1, 0.15) is 36.7 Å². The maximum absolute atomic E-state index is 13.2. The molecule has 6 rings (SSSR count). The van der Waals surface area contributed by atoms with Gasteiger partial charge in [0.05, 0.1) is 12.0 Å². The van der Waals surface area contributed by atoms with Gasteiger partial charge in [0, 0.05) is 70.5 Å². The van der Waals surface area contributed by atoms with E-state index in [-0.39, 0.29) is 11.7 Å². The van der Waals surface area contributed by atoms with Crippen molar-refractivity contribution in [1.82, 2.24) is 14.2 Å². The molecule has 0 fully saturated rings. The minimum Gasteiger partial charge on any atom is -0.497 e. The number of nitrogens with zero attached hydrogens (tertiary/aromatic N) is 2. The van der Waals surface area contributed by atoms with Gasteiger partial charge in [-0.25, -0.2) is 0 Å². The number of carbonyl (C=O) groups is 2. The number of methoxy groups -OCH3 is 1. The Labute approximate surface area is 287 Å². The zero-order valence-electron chi connectivity index (χ0n) is 26.2. The van der Waals surface area contributed by atoms with E-state index < -0.39 is 0 Å². The molecule has 0 spiro atoms. The molecular formula is C38H35N3O3S3. The Morgan fingerprint density at radius 3 is 2.43 bits per heavy atom. The number of rotatable bonds is 14. The van der Waals surface area contributed by atoms with Crippen molar-refractivity contribution in [2.75, 3.05) is 19.4 Å². The third-order valence-electron chi connectivity index (χ3n) is 7.79. The summed E-state index contributed by atoms with van der Waals surface area (Å²) in [5.41, 5.74) is 4.42. The number of fused-ring (bicyclic) bond motifs is 1. The predicted molar refractivity (Wildman–Crippen MR) is 195 cm³/mol. The summed E-state index contributed by atoms with van der Waals surface area (Å²) in [6.07, 6.45) is 1.84. The average Bonchev–Trinajstić information content (AvgIpc) is 3.76. The Balaban J connectivity index is 1.09. The Bertz CT molecular complexity index is 1960. The lowest BCUT2D eigenvalue weighted by atomic mass is 10.1. The van der Waals surface area contributed by atoms with Crippen molar-refractivity contribution < 1.29 is 14.3 Å². The first-order valence-corrected chi connectivity index (χ1v) is 17.9. The monoisotopic (exact) mass is 677 g/mol. The van der Waals surface area contributed by atoms with Gasteiger partial charge in [0.15, 0.2) is 0 Å². The highest BCUT2D eigenvalue weighted by atomic mass is 32.2. The molecule has 0 saturated carbocycles. The Hall–Kier alpha value is -4.28. The van der Waals surface area contributed by atoms with E-state index in [4.69, 9.17) is 4.74 Å². The van der Waals surface area contributed by atoms with Crippen LogP contribution in [0.4, 0.5) is 0 Å². The second-order valence-electron chi connectivity index (χ2n) is 11.1. The van der Waals surface area contributed by atoms with Crippen molar-refractivity contribution in [3.05, 3.63) is 148 Å². The number of thiophene rings is 1. The van der Waals surface area contributed by atoms with Crippen LogP contribution in [0.5, 0.6) is 5.75 Å². The summed E-state index contributed by atoms with van der Waals surface area (Å²) < 4.78 is 10.4. The fraction of sp³-hybridized carbons (Fsp3) is 0.158. The molecule has 6 nitrogen and oxygen atoms in total. The molecule has 0 bridgehead atoms. The minimum absolute atomic E-state index is 0.0327. The standard InChI is InChI=1S/C38H35N3O3S3/c1-40-26-34(37(42)36-12-7-20-46-36)33-23-29(15-18-35(33)40)38(43)39-47-32-16-13-27(14-17-32)24-41(19-21-45-31-10-4-3-5-11-31)25-28-8-6-9-30(22-28)44-2/h3-18,20,22-23,26H,19,21,24-25H2,1-2H3,(H,39,43). The Morgan fingerprint density at radius 1 is 0.851 bits per heavy atom. The van der Waals surface area contributed by atoms with Crippen LogP contribution in [-0.4, -0.2) is 40.6 Å². The number of thioether (sulfide) groups is 1. The van der Waals surface area contributed by atoms with E-state index in [1.54, 1.807) is 13.2 Å². The van der Waals surface area contributed by atoms with E-state index in [0.29, 0.717) is 16.0 Å². The third-order valence-corrected chi connectivity index (χ3v) is 10.4. The molecule has 2 aromatic heterocycles. The van der Waals surface area contributed by atoms with Gasteiger partial charge in [-0.1, -0.05) is 48.5 Å². The predicted octanol–water partition coefficient (Wildman–Crippen LogP) is 8.71. The molecule has 0 saturated heterocycles. The first kappa shape index (κ1) is 32.7. The summed E-state index contributed by atoms with van der Waals surface area (Å²) in [5, 5.41) is 2.67. The number of carbonyl (C=O) groups excluding carboxylic acids is 2. The largest absolute Gasteiger partial charge is 0.497 e. The van der Waals surface area contributed by atoms with E-state index in [1.165, 1.54) is 39.3 Å². The van der Waals surface area contributed by atoms with Crippen molar-refractivity contribution in [1.29, 1.82) is 0 Å². The molecular weight excluding hydrogens is 643 g/mol. The van der Waals surface area contributed by atoms with Crippen LogP contribution < -0.4 is 9.46 Å². The van der Waals surface area contributed by atoms with Gasteiger partial charge in [-0.2, -0.15) is 0 Å². The van der Waals surface area contributed by atoms with Crippen LogP contribution in [-0.2, 0) is 20.1 Å². The molecule has 1 N–H and O–H groups in total. The molecule has 4 aromatic carbocycles. The zero-order chi connectivity index (χ0) is 32.6. The lowest BCUT2D eigenvalue weighted by molar-refractivity contribution is 0.0983. The average molecular weight is 678 g/mol. The van der Waals surface area contributed by atoms with Crippen LogP contribution in [0.15, 0.2) is 131 Å². The molecule has 0 unspecified atom stereocenters. The fourth-order valence-electron chi connectivity index (χ4n) is 5.39. The Morgan fingerprint density at radius 2 is 1.66 bits per heavy atom. The molecule has 0 aliphatic rings. The summed E-state index contributed by atoms with van der Waals surface area (Å²) in [7, 11) is 3.61. The summed E-state index contributed by atoms with van der Waals surface area (Å²) in [6, 6.07) is 36.3. The number of hydrogen-bond donors (Lipinski definition) is 1. The van der Waals surface area contributed by atoms with Gasteiger partial charge >= 0.3 is 0 Å². The number of benzene rings is 4. The maximum atomic E-state index is 13.2. The summed E-state index contributed by atoms with van der Waals surface area (Å²) >= 11 is 4.57. The molecule has 0 aliphatic heterocycles. The number of aryl methyl sites for hydroxylation is 1. The number of aromatic nitrogens is 1. The number of nitrogens with one attached hydrogen (secondary N) is 1. The lowest BCUT2D eigenvalue weighted by Gasteiger charge is -2.23. The van der Waals surface area contributed by atoms with Gasteiger partial charge in [0.2, 0.25) is 5.78 Å². The molecule has 2 heterocycles. The normalized spacial score (nSPS) is 11.2. The molecule has 0 radical (unpaired) electrons. The van der Waals surface area contributed by atoms with E-state index in [9.17, 15) is 9.59 Å². The lowest BCUT2D eigenvalue weighted by Crippen LogP contribution is -2.25. The first-order valence-electron chi connectivity index (χ1n) is 15.2. The second-order valence-corrected chi connectivity index (χ2v) is 14.1. The number of ketones is 1. The summed E-state index contributed by atoms with van der Waals surface area (Å²) in [4.78, 5) is 31.6. The van der Waals surface area contributed by atoms with Gasteiger partial charge in [-0.3, -0.25) is 19.2 Å². The third kappa shape index (κ3) is 8.36. The van der Waals surface area contributed by atoms with Crippen molar-refractivity contribution >= 4 is 57.6 Å². The van der Waals surface area contributed by atoms with E-state index in [1.807, 2.05) is 89.6 Å². The van der Waals surface area contributed by atoms with Crippen LogP contribution >= 0.6 is 35.0 Å². The van der Waals surface area contributed by atoms with Gasteiger partial charge in [0.25, 0.3) is 5.91 Å². The molecule has 238 valence electrons. The highest BCUT2D eigenvalue weighted by Crippen LogP contribution is 2.27. The number of amides is 1. The molecule has 1 amide bonds. The van der Waals surface area contributed by atoms with Crippen molar-refractivity contribution in [3.63, 3.8) is 0 Å². The van der Waals surface area contributed by atoms with Crippen molar-refractivity contribution in [2.45, 2.75) is 22.9 Å². The summed E-state index contributed by atoms with van der Waals surface area (Å²) in [6.45, 7) is 2.54. The van der Waals surface area contributed by atoms with Gasteiger partial charge in [0.1, 0.15) is 5.75 Å². The van der Waals surface area contributed by atoms with E-state index in [2.05, 4.69) is 58.2 Å². The SMILES string of the molecule is COc1cccc(CN(CCSc2ccccc2)Cc2ccc(SNC(=O)c3ccc4c(c3)c(C(=O)c3cccs3)cn4C)cc2)c1. The van der Waals surface area contributed by atoms with Crippen molar-refractivity contribution in [3.8, 4) is 5.75 Å². The van der Waals surface area contributed by atoms with Gasteiger partial charge in [-0.05, 0) is 89.1 Å². The van der Waals surface area contributed by atoms with E-state index >= 15 is 0 Å². The topological polar surface area (TPSA) is 63.6 Å². The van der Waals surface area contributed by atoms with Crippen LogP contribution in [0.2, 0.25) is 0 Å². The molecule has 47 heavy (non-hydrogen) atoms. The zero-order valence-corrected chi connectivity index (χ0v) is 28.7. The maximum Gasteiger partial charge on any atom is 0.261 e. The van der Waals surface area contributed by atoms with Crippen LogP contribution in [0, 0.1) is 0 Å². The Kier molecular flexibility index (Phi) is 10.8. The molecule has 0 atom stereocenters. The van der Waals surface area contributed by atoms with Crippen LogP contribution in [0.3, 0.4) is 0 Å². The van der Waals surface area contributed by atoms with Crippen LogP contribution in [0.25, 0.3) is 10.9 Å². The highest BCUT2D eigenvalue weighted by Gasteiger charge is 2.18.